The van der Waals surface area contributed by atoms with Crippen LogP contribution in [0.4, 0.5) is 5.69 Å². The average molecular weight is 388 g/mol. The van der Waals surface area contributed by atoms with Crippen LogP contribution in [0.2, 0.25) is 10.0 Å². The maximum absolute atomic E-state index is 12.3. The van der Waals surface area contributed by atoms with Gasteiger partial charge in [-0.3, -0.25) is 4.79 Å². The van der Waals surface area contributed by atoms with Crippen molar-refractivity contribution in [2.75, 3.05) is 5.73 Å². The lowest BCUT2D eigenvalue weighted by Gasteiger charge is -2.16. The molecular formula is C15H13BrCl2N2O. The number of halogens is 3. The Morgan fingerprint density at radius 3 is 2.62 bits per heavy atom. The number of hydrogen-bond acceptors (Lipinski definition) is 2. The normalized spacial score (nSPS) is 12.0. The third kappa shape index (κ3) is 3.90. The van der Waals surface area contributed by atoms with Crippen molar-refractivity contribution in [1.82, 2.24) is 5.32 Å². The molecule has 0 aromatic heterocycles. The summed E-state index contributed by atoms with van der Waals surface area (Å²) in [6, 6.07) is 10.0. The maximum Gasteiger partial charge on any atom is 0.252 e. The van der Waals surface area contributed by atoms with E-state index >= 15 is 0 Å². The zero-order valence-electron chi connectivity index (χ0n) is 11.2. The number of nitrogens with two attached hydrogens (primary N) is 1. The molecule has 3 nitrogen and oxygen atoms in total. The number of carbonyl (C=O) groups excluding carboxylic acids is 1. The molecule has 0 radical (unpaired) electrons. The first-order valence-electron chi connectivity index (χ1n) is 6.19. The van der Waals surface area contributed by atoms with E-state index in [1.165, 1.54) is 0 Å². The third-order valence-corrected chi connectivity index (χ3v) is 4.27. The van der Waals surface area contributed by atoms with E-state index in [0.29, 0.717) is 25.8 Å². The molecule has 3 N–H and O–H groups in total. The second-order valence-electron chi connectivity index (χ2n) is 4.60. The van der Waals surface area contributed by atoms with Gasteiger partial charge < -0.3 is 11.1 Å². The number of nitrogens with one attached hydrogen (secondary N) is 1. The van der Waals surface area contributed by atoms with Gasteiger partial charge in [-0.05, 0) is 58.7 Å². The first-order valence-corrected chi connectivity index (χ1v) is 7.74. The van der Waals surface area contributed by atoms with Gasteiger partial charge in [-0.15, -0.1) is 0 Å². The fraction of sp³-hybridized carbons (Fsp3) is 0.133. The van der Waals surface area contributed by atoms with Gasteiger partial charge in [-0.2, -0.15) is 0 Å². The molecule has 2 rings (SSSR count). The minimum atomic E-state index is -0.254. The molecule has 0 saturated carbocycles. The van der Waals surface area contributed by atoms with Crippen LogP contribution in [0.25, 0.3) is 0 Å². The molecule has 0 aliphatic heterocycles. The van der Waals surface area contributed by atoms with Gasteiger partial charge in [0.25, 0.3) is 5.91 Å². The Balaban J connectivity index is 2.20. The second kappa shape index (κ2) is 6.69. The van der Waals surface area contributed by atoms with Crippen LogP contribution >= 0.6 is 39.1 Å². The lowest BCUT2D eigenvalue weighted by molar-refractivity contribution is 0.0939. The number of nitrogen functional groups attached to an aromatic ring is 1. The van der Waals surface area contributed by atoms with Gasteiger partial charge >= 0.3 is 0 Å². The van der Waals surface area contributed by atoms with Gasteiger partial charge in [0.05, 0.1) is 11.6 Å². The molecule has 0 fully saturated rings. The Morgan fingerprint density at radius 2 is 1.95 bits per heavy atom. The number of rotatable bonds is 3. The SMILES string of the molecule is CC(NC(=O)c1cc(N)ccc1Br)c1ccc(Cl)cc1Cl. The van der Waals surface area contributed by atoms with Crippen molar-refractivity contribution in [3.05, 3.63) is 62.0 Å². The minimum Gasteiger partial charge on any atom is -0.399 e. The third-order valence-electron chi connectivity index (χ3n) is 3.01. The smallest absolute Gasteiger partial charge is 0.252 e. The number of benzene rings is 2. The van der Waals surface area contributed by atoms with Crippen molar-refractivity contribution in [3.63, 3.8) is 0 Å². The summed E-state index contributed by atoms with van der Waals surface area (Å²) in [4.78, 5) is 12.3. The van der Waals surface area contributed by atoms with E-state index in [9.17, 15) is 4.79 Å². The molecule has 0 aliphatic carbocycles. The van der Waals surface area contributed by atoms with Crippen LogP contribution in [-0.2, 0) is 0 Å². The fourth-order valence-corrected chi connectivity index (χ4v) is 2.92. The van der Waals surface area contributed by atoms with E-state index in [0.717, 1.165) is 5.56 Å². The monoisotopic (exact) mass is 386 g/mol. The highest BCUT2D eigenvalue weighted by Crippen LogP contribution is 2.27. The summed E-state index contributed by atoms with van der Waals surface area (Å²) in [5, 5.41) is 3.96. The zero-order chi connectivity index (χ0) is 15.6. The van der Waals surface area contributed by atoms with E-state index in [1.54, 1.807) is 36.4 Å². The molecule has 21 heavy (non-hydrogen) atoms. The highest BCUT2D eigenvalue weighted by Gasteiger charge is 2.16. The van der Waals surface area contributed by atoms with Crippen molar-refractivity contribution < 1.29 is 4.79 Å². The standard InChI is InChI=1S/C15H13BrCl2N2O/c1-8(11-4-2-9(17)6-14(11)18)20-15(21)12-7-10(19)3-5-13(12)16/h2-8H,19H2,1H3,(H,20,21). The Labute approximate surface area is 141 Å². The van der Waals surface area contributed by atoms with Crippen molar-refractivity contribution in [3.8, 4) is 0 Å². The molecule has 0 saturated heterocycles. The molecule has 1 amide bonds. The van der Waals surface area contributed by atoms with Crippen molar-refractivity contribution in [2.45, 2.75) is 13.0 Å². The summed E-state index contributed by atoms with van der Waals surface area (Å²) in [6.45, 7) is 1.85. The summed E-state index contributed by atoms with van der Waals surface area (Å²) in [5.74, 6) is -0.229. The largest absolute Gasteiger partial charge is 0.399 e. The van der Waals surface area contributed by atoms with Gasteiger partial charge in [-0.25, -0.2) is 0 Å². The molecule has 0 bridgehead atoms. The molecule has 2 aromatic carbocycles. The molecular weight excluding hydrogens is 375 g/mol. The summed E-state index contributed by atoms with van der Waals surface area (Å²) in [5.41, 5.74) is 7.52. The van der Waals surface area contributed by atoms with Crippen LogP contribution in [0.1, 0.15) is 28.9 Å². The number of hydrogen-bond donors (Lipinski definition) is 2. The summed E-state index contributed by atoms with van der Waals surface area (Å²) in [6.07, 6.45) is 0. The first-order chi connectivity index (χ1) is 9.88. The average Bonchev–Trinajstić information content (AvgIpc) is 2.41. The lowest BCUT2D eigenvalue weighted by Crippen LogP contribution is -2.27. The quantitative estimate of drug-likeness (QED) is 0.741. The van der Waals surface area contributed by atoms with Gasteiger partial charge in [0.1, 0.15) is 0 Å². The van der Waals surface area contributed by atoms with Crippen molar-refractivity contribution in [2.24, 2.45) is 0 Å². The molecule has 6 heteroatoms. The van der Waals surface area contributed by atoms with E-state index < -0.39 is 0 Å². The number of carbonyl (C=O) groups is 1. The Morgan fingerprint density at radius 1 is 1.24 bits per heavy atom. The molecule has 0 spiro atoms. The van der Waals surface area contributed by atoms with Crippen LogP contribution in [0.3, 0.4) is 0 Å². The Hall–Kier alpha value is -1.23. The van der Waals surface area contributed by atoms with E-state index in [-0.39, 0.29) is 11.9 Å². The zero-order valence-corrected chi connectivity index (χ0v) is 14.3. The number of amides is 1. The molecule has 1 atom stereocenters. The molecule has 110 valence electrons. The molecule has 2 aromatic rings. The molecule has 0 aliphatic rings. The minimum absolute atomic E-state index is 0.229. The maximum atomic E-state index is 12.3. The Bertz CT molecular complexity index is 691. The lowest BCUT2D eigenvalue weighted by atomic mass is 10.1. The summed E-state index contributed by atoms with van der Waals surface area (Å²) >= 11 is 15.4. The van der Waals surface area contributed by atoms with Gasteiger partial charge in [0, 0.05) is 20.2 Å². The van der Waals surface area contributed by atoms with Crippen LogP contribution in [0.15, 0.2) is 40.9 Å². The van der Waals surface area contributed by atoms with Crippen LogP contribution in [0, 0.1) is 0 Å². The highest BCUT2D eigenvalue weighted by molar-refractivity contribution is 9.10. The first kappa shape index (κ1) is 16.1. The Kier molecular flexibility index (Phi) is 5.14. The van der Waals surface area contributed by atoms with Crippen molar-refractivity contribution in [1.29, 1.82) is 0 Å². The fourth-order valence-electron chi connectivity index (χ4n) is 1.92. The van der Waals surface area contributed by atoms with Gasteiger partial charge in [0.15, 0.2) is 0 Å². The predicted octanol–water partition coefficient (Wildman–Crippen LogP) is 4.83. The molecule has 0 heterocycles. The van der Waals surface area contributed by atoms with Crippen LogP contribution in [-0.4, -0.2) is 5.91 Å². The summed E-state index contributed by atoms with van der Waals surface area (Å²) in [7, 11) is 0. The van der Waals surface area contributed by atoms with Gasteiger partial charge in [-0.1, -0.05) is 29.3 Å². The van der Waals surface area contributed by atoms with Gasteiger partial charge in [0.2, 0.25) is 0 Å². The second-order valence-corrected chi connectivity index (χ2v) is 6.30. The summed E-state index contributed by atoms with van der Waals surface area (Å²) < 4.78 is 0.684. The van der Waals surface area contributed by atoms with Crippen LogP contribution < -0.4 is 11.1 Å². The molecule has 1 unspecified atom stereocenters. The van der Waals surface area contributed by atoms with E-state index in [1.807, 2.05) is 6.92 Å². The topological polar surface area (TPSA) is 55.1 Å². The highest BCUT2D eigenvalue weighted by atomic mass is 79.9. The van der Waals surface area contributed by atoms with E-state index in [4.69, 9.17) is 28.9 Å². The van der Waals surface area contributed by atoms with Crippen LogP contribution in [0.5, 0.6) is 0 Å². The predicted molar refractivity (Wildman–Crippen MR) is 90.9 cm³/mol. The van der Waals surface area contributed by atoms with E-state index in [2.05, 4.69) is 21.2 Å². The number of anilines is 1. The van der Waals surface area contributed by atoms with Crippen molar-refractivity contribution >= 4 is 50.7 Å².